The number of H-pyrrole nitrogens is 1. The summed E-state index contributed by atoms with van der Waals surface area (Å²) in [5.41, 5.74) is 2.30. The number of rotatable bonds is 7. The number of aromatic nitrogens is 2. The highest BCUT2D eigenvalue weighted by molar-refractivity contribution is 5.75. The Morgan fingerprint density at radius 1 is 1.50 bits per heavy atom. The van der Waals surface area contributed by atoms with Crippen LogP contribution in [0.3, 0.4) is 0 Å². The highest BCUT2D eigenvalue weighted by Gasteiger charge is 2.20. The van der Waals surface area contributed by atoms with Crippen LogP contribution in [0.15, 0.2) is 30.6 Å². The zero-order chi connectivity index (χ0) is 16.8. The monoisotopic (exact) mass is 329 g/mol. The molecule has 0 unspecified atom stereocenters. The maximum atomic E-state index is 12.0. The number of fused-ring (bicyclic) bond motifs is 1. The van der Waals surface area contributed by atoms with Crippen molar-refractivity contribution in [2.24, 2.45) is 5.92 Å². The van der Waals surface area contributed by atoms with Gasteiger partial charge in [-0.25, -0.2) is 0 Å². The molecule has 0 aliphatic carbocycles. The highest BCUT2D eigenvalue weighted by atomic mass is 16.5. The molecule has 0 fully saturated rings. The van der Waals surface area contributed by atoms with Crippen LogP contribution in [-0.2, 0) is 17.6 Å². The highest BCUT2D eigenvalue weighted by Crippen LogP contribution is 2.30. The van der Waals surface area contributed by atoms with Crippen molar-refractivity contribution < 1.29 is 14.3 Å². The lowest BCUT2D eigenvalue weighted by Gasteiger charge is -2.25. The van der Waals surface area contributed by atoms with Crippen molar-refractivity contribution in [3.63, 3.8) is 0 Å². The van der Waals surface area contributed by atoms with Gasteiger partial charge in [0.05, 0.1) is 19.9 Å². The average molecular weight is 329 g/mol. The number of amides is 1. The standard InChI is InChI=1S/C18H23N3O3/c1-23-16-6-5-15-7-14(12-24-17(15)8-16)9-19-18(22)4-2-3-13-10-20-21-11-13/h5-6,8,10-11,14H,2-4,7,9,12H2,1H3,(H,19,22)(H,20,21)/t14-/m0/s1. The predicted molar refractivity (Wildman–Crippen MR) is 90.2 cm³/mol. The molecule has 0 bridgehead atoms. The van der Waals surface area contributed by atoms with Crippen LogP contribution in [0.1, 0.15) is 24.0 Å². The summed E-state index contributed by atoms with van der Waals surface area (Å²) >= 11 is 0. The van der Waals surface area contributed by atoms with Gasteiger partial charge in [0.1, 0.15) is 11.5 Å². The van der Waals surface area contributed by atoms with Crippen molar-refractivity contribution in [1.82, 2.24) is 15.5 Å². The van der Waals surface area contributed by atoms with Crippen LogP contribution < -0.4 is 14.8 Å². The maximum Gasteiger partial charge on any atom is 0.220 e. The number of carbonyl (C=O) groups excluding carboxylic acids is 1. The van der Waals surface area contributed by atoms with Gasteiger partial charge in [-0.05, 0) is 36.5 Å². The minimum atomic E-state index is 0.0963. The molecule has 128 valence electrons. The normalized spacial score (nSPS) is 16.1. The Bertz CT molecular complexity index is 670. The quantitative estimate of drug-likeness (QED) is 0.816. The number of hydrogen-bond donors (Lipinski definition) is 2. The third-order valence-corrected chi connectivity index (χ3v) is 4.27. The van der Waals surface area contributed by atoms with E-state index < -0.39 is 0 Å². The lowest BCUT2D eigenvalue weighted by Crippen LogP contribution is -2.34. The van der Waals surface area contributed by atoms with Gasteiger partial charge < -0.3 is 14.8 Å². The SMILES string of the molecule is COc1ccc2c(c1)OC[C@H](CNC(=O)CCCc1cn[nH]c1)C2. The molecule has 0 radical (unpaired) electrons. The van der Waals surface area contributed by atoms with E-state index in [1.165, 1.54) is 5.56 Å². The van der Waals surface area contributed by atoms with Gasteiger partial charge >= 0.3 is 0 Å². The Kier molecular flexibility index (Phi) is 5.36. The Morgan fingerprint density at radius 3 is 3.21 bits per heavy atom. The second-order valence-electron chi connectivity index (χ2n) is 6.12. The first kappa shape index (κ1) is 16.4. The van der Waals surface area contributed by atoms with Gasteiger partial charge in [-0.15, -0.1) is 0 Å². The van der Waals surface area contributed by atoms with E-state index in [4.69, 9.17) is 9.47 Å². The van der Waals surface area contributed by atoms with E-state index in [1.807, 2.05) is 24.4 Å². The van der Waals surface area contributed by atoms with Gasteiger partial charge in [0, 0.05) is 31.1 Å². The second kappa shape index (κ2) is 7.86. The summed E-state index contributed by atoms with van der Waals surface area (Å²) in [6, 6.07) is 5.89. The molecule has 1 aromatic carbocycles. The van der Waals surface area contributed by atoms with E-state index in [2.05, 4.69) is 15.5 Å². The fourth-order valence-corrected chi connectivity index (χ4v) is 2.89. The molecule has 0 saturated carbocycles. The molecule has 1 amide bonds. The molecule has 6 nitrogen and oxygen atoms in total. The molecule has 3 rings (SSSR count). The zero-order valence-electron chi connectivity index (χ0n) is 13.9. The van der Waals surface area contributed by atoms with Crippen LogP contribution in [0.2, 0.25) is 0 Å². The fourth-order valence-electron chi connectivity index (χ4n) is 2.89. The van der Waals surface area contributed by atoms with Crippen molar-refractivity contribution in [2.45, 2.75) is 25.7 Å². The van der Waals surface area contributed by atoms with Crippen LogP contribution in [0.4, 0.5) is 0 Å². The molecule has 2 N–H and O–H groups in total. The van der Waals surface area contributed by atoms with Crippen molar-refractivity contribution in [3.05, 3.63) is 41.7 Å². The minimum Gasteiger partial charge on any atom is -0.497 e. The van der Waals surface area contributed by atoms with E-state index in [9.17, 15) is 4.79 Å². The molecule has 2 aromatic rings. The first-order valence-electron chi connectivity index (χ1n) is 8.28. The summed E-state index contributed by atoms with van der Waals surface area (Å²) in [6.07, 6.45) is 6.80. The topological polar surface area (TPSA) is 76.2 Å². The number of aryl methyl sites for hydroxylation is 1. The number of nitrogens with zero attached hydrogens (tertiary/aromatic N) is 1. The van der Waals surface area contributed by atoms with Gasteiger partial charge in [0.15, 0.2) is 0 Å². The molecule has 1 aliphatic heterocycles. The number of nitrogens with one attached hydrogen (secondary N) is 2. The third kappa shape index (κ3) is 4.28. The second-order valence-corrected chi connectivity index (χ2v) is 6.12. The first-order chi connectivity index (χ1) is 11.7. The number of ether oxygens (including phenoxy) is 2. The van der Waals surface area contributed by atoms with Gasteiger partial charge in [-0.3, -0.25) is 9.89 Å². The third-order valence-electron chi connectivity index (χ3n) is 4.27. The van der Waals surface area contributed by atoms with Crippen molar-refractivity contribution in [3.8, 4) is 11.5 Å². The summed E-state index contributed by atoms with van der Waals surface area (Å²) < 4.78 is 11.0. The van der Waals surface area contributed by atoms with Gasteiger partial charge in [0.2, 0.25) is 5.91 Å². The summed E-state index contributed by atoms with van der Waals surface area (Å²) in [7, 11) is 1.65. The summed E-state index contributed by atoms with van der Waals surface area (Å²) in [5, 5.41) is 9.70. The number of benzene rings is 1. The van der Waals surface area contributed by atoms with Crippen LogP contribution in [-0.4, -0.2) is 36.4 Å². The van der Waals surface area contributed by atoms with Crippen LogP contribution in [0.5, 0.6) is 11.5 Å². The lowest BCUT2D eigenvalue weighted by atomic mass is 9.96. The largest absolute Gasteiger partial charge is 0.497 e. The molecule has 0 spiro atoms. The zero-order valence-corrected chi connectivity index (χ0v) is 13.9. The molecule has 6 heteroatoms. The van der Waals surface area contributed by atoms with Crippen molar-refractivity contribution >= 4 is 5.91 Å². The van der Waals surface area contributed by atoms with E-state index >= 15 is 0 Å². The van der Waals surface area contributed by atoms with E-state index in [0.29, 0.717) is 25.5 Å². The molecule has 1 atom stereocenters. The predicted octanol–water partition coefficient (Wildman–Crippen LogP) is 2.11. The molecule has 2 heterocycles. The maximum absolute atomic E-state index is 12.0. The van der Waals surface area contributed by atoms with Gasteiger partial charge in [-0.2, -0.15) is 5.10 Å². The number of aromatic amines is 1. The fraction of sp³-hybridized carbons (Fsp3) is 0.444. The summed E-state index contributed by atoms with van der Waals surface area (Å²) in [5.74, 6) is 2.10. The Labute approximate surface area is 141 Å². The van der Waals surface area contributed by atoms with E-state index in [1.54, 1.807) is 13.3 Å². The number of hydrogen-bond acceptors (Lipinski definition) is 4. The summed E-state index contributed by atoms with van der Waals surface area (Å²) in [4.78, 5) is 12.0. The van der Waals surface area contributed by atoms with Gasteiger partial charge in [0.25, 0.3) is 0 Å². The number of methoxy groups -OCH3 is 1. The smallest absolute Gasteiger partial charge is 0.220 e. The van der Waals surface area contributed by atoms with Crippen LogP contribution in [0.25, 0.3) is 0 Å². The molecule has 0 saturated heterocycles. The molecule has 1 aromatic heterocycles. The minimum absolute atomic E-state index is 0.0963. The molecular weight excluding hydrogens is 306 g/mol. The first-order valence-corrected chi connectivity index (χ1v) is 8.28. The summed E-state index contributed by atoms with van der Waals surface area (Å²) in [6.45, 7) is 1.27. The van der Waals surface area contributed by atoms with Gasteiger partial charge in [-0.1, -0.05) is 6.07 Å². The van der Waals surface area contributed by atoms with E-state index in [-0.39, 0.29) is 5.91 Å². The average Bonchev–Trinajstić information content (AvgIpc) is 3.12. The molecule has 1 aliphatic rings. The molecule has 24 heavy (non-hydrogen) atoms. The molecular formula is C18H23N3O3. The van der Waals surface area contributed by atoms with E-state index in [0.717, 1.165) is 36.3 Å². The number of carbonyl (C=O) groups is 1. The Balaban J connectivity index is 1.39. The van der Waals surface area contributed by atoms with Crippen molar-refractivity contribution in [2.75, 3.05) is 20.3 Å². The van der Waals surface area contributed by atoms with Crippen molar-refractivity contribution in [1.29, 1.82) is 0 Å². The lowest BCUT2D eigenvalue weighted by molar-refractivity contribution is -0.121. The Hall–Kier alpha value is -2.50. The van der Waals surface area contributed by atoms with Crippen LogP contribution >= 0.6 is 0 Å². The van der Waals surface area contributed by atoms with Crippen LogP contribution in [0, 0.1) is 5.92 Å². The Morgan fingerprint density at radius 2 is 2.42 bits per heavy atom.